The predicted octanol–water partition coefficient (Wildman–Crippen LogP) is 0.733. The van der Waals surface area contributed by atoms with Crippen LogP contribution in [0.4, 0.5) is 5.69 Å². The highest BCUT2D eigenvalue weighted by Gasteiger charge is 1.95. The Morgan fingerprint density at radius 2 is 2.00 bits per heavy atom. The topological polar surface area (TPSA) is 84.6 Å². The van der Waals surface area contributed by atoms with Crippen LogP contribution in [0.2, 0.25) is 0 Å². The molecule has 4 N–H and O–H groups in total. The zero-order valence-electron chi connectivity index (χ0n) is 6.15. The van der Waals surface area contributed by atoms with Crippen LogP contribution in [0.25, 0.3) is 0 Å². The van der Waals surface area contributed by atoms with Crippen molar-refractivity contribution in [1.82, 2.24) is 0 Å². The van der Waals surface area contributed by atoms with Crippen molar-refractivity contribution in [2.24, 2.45) is 5.84 Å². The van der Waals surface area contributed by atoms with Crippen LogP contribution in [-0.4, -0.2) is 4.89 Å². The molecule has 1 atom stereocenters. The molecular formula is C6H9N2O3P. The summed E-state index contributed by atoms with van der Waals surface area (Å²) in [7, 11) is -2.91. The Bertz CT molecular complexity index is 275. The summed E-state index contributed by atoms with van der Waals surface area (Å²) in [6.45, 7) is 0. The van der Waals surface area contributed by atoms with Gasteiger partial charge in [-0.15, -0.1) is 0 Å². The molecule has 66 valence electrons. The van der Waals surface area contributed by atoms with Crippen LogP contribution >= 0.6 is 8.25 Å². The van der Waals surface area contributed by atoms with E-state index in [1.165, 1.54) is 0 Å². The number of hydrogen-bond donors (Lipinski definition) is 3. The summed E-state index contributed by atoms with van der Waals surface area (Å²) >= 11 is 0. The number of nitrogens with two attached hydrogens (primary N) is 1. The zero-order chi connectivity index (χ0) is 8.97. The number of rotatable bonds is 3. The normalized spacial score (nSPS) is 12.2. The molecule has 0 aliphatic heterocycles. The van der Waals surface area contributed by atoms with Crippen molar-refractivity contribution in [2.45, 2.75) is 0 Å². The first-order chi connectivity index (χ1) is 5.72. The van der Waals surface area contributed by atoms with E-state index in [0.29, 0.717) is 11.4 Å². The van der Waals surface area contributed by atoms with Crippen molar-refractivity contribution >= 4 is 13.9 Å². The molecule has 0 aliphatic rings. The molecule has 1 rings (SSSR count). The second-order valence-corrected chi connectivity index (χ2v) is 2.77. The van der Waals surface area contributed by atoms with Gasteiger partial charge in [-0.05, 0) is 24.3 Å². The highest BCUT2D eigenvalue weighted by Crippen LogP contribution is 2.23. The van der Waals surface area contributed by atoms with Gasteiger partial charge in [-0.3, -0.25) is 5.84 Å². The third-order valence-electron chi connectivity index (χ3n) is 1.23. The quantitative estimate of drug-likeness (QED) is 0.370. The van der Waals surface area contributed by atoms with E-state index in [2.05, 4.69) is 9.95 Å². The van der Waals surface area contributed by atoms with E-state index in [0.717, 1.165) is 0 Å². The van der Waals surface area contributed by atoms with Gasteiger partial charge in [-0.25, -0.2) is 4.57 Å². The average molecular weight is 188 g/mol. The molecule has 0 heterocycles. The van der Waals surface area contributed by atoms with Gasteiger partial charge in [0.2, 0.25) is 0 Å². The van der Waals surface area contributed by atoms with Gasteiger partial charge < -0.3 is 14.8 Å². The van der Waals surface area contributed by atoms with Crippen LogP contribution in [0.3, 0.4) is 0 Å². The van der Waals surface area contributed by atoms with E-state index in [4.69, 9.17) is 10.7 Å². The van der Waals surface area contributed by atoms with Crippen molar-refractivity contribution in [1.29, 1.82) is 0 Å². The summed E-state index contributed by atoms with van der Waals surface area (Å²) in [5.74, 6) is 5.45. The van der Waals surface area contributed by atoms with Crippen molar-refractivity contribution < 1.29 is 14.0 Å². The maximum Gasteiger partial charge on any atom is 0.365 e. The van der Waals surface area contributed by atoms with Gasteiger partial charge in [0.25, 0.3) is 0 Å². The van der Waals surface area contributed by atoms with Gasteiger partial charge in [0, 0.05) is 5.69 Å². The molecule has 0 radical (unpaired) electrons. The minimum Gasteiger partial charge on any atom is -0.426 e. The molecule has 0 fully saturated rings. The summed E-state index contributed by atoms with van der Waals surface area (Å²) in [6, 6.07) is 6.38. The van der Waals surface area contributed by atoms with Crippen molar-refractivity contribution in [3.8, 4) is 5.75 Å². The standard InChI is InChI=1S/C6H9N2O3P/c7-8-5-1-3-6(4-2-5)11-12(9)10/h1-4,8,12H,7H2,(H,9,10). The fourth-order valence-corrected chi connectivity index (χ4v) is 1.06. The Balaban J connectivity index is 2.71. The maximum absolute atomic E-state index is 10.2. The fraction of sp³-hybridized carbons (Fsp3) is 0. The molecule has 6 heteroatoms. The highest BCUT2D eigenvalue weighted by molar-refractivity contribution is 7.32. The van der Waals surface area contributed by atoms with Crippen LogP contribution in [0, 0.1) is 0 Å². The Kier molecular flexibility index (Phi) is 3.10. The molecule has 0 amide bonds. The van der Waals surface area contributed by atoms with Gasteiger partial charge >= 0.3 is 8.25 Å². The minimum atomic E-state index is -2.91. The van der Waals surface area contributed by atoms with E-state index < -0.39 is 8.25 Å². The average Bonchev–Trinajstić information content (AvgIpc) is 2.05. The molecule has 1 aromatic carbocycles. The van der Waals surface area contributed by atoms with E-state index >= 15 is 0 Å². The molecule has 0 aromatic heterocycles. The molecule has 5 nitrogen and oxygen atoms in total. The van der Waals surface area contributed by atoms with Crippen molar-refractivity contribution in [3.63, 3.8) is 0 Å². The number of nitrogens with one attached hydrogen (secondary N) is 1. The van der Waals surface area contributed by atoms with Crippen LogP contribution in [0.1, 0.15) is 0 Å². The molecule has 1 unspecified atom stereocenters. The monoisotopic (exact) mass is 188 g/mol. The summed E-state index contributed by atoms with van der Waals surface area (Å²) in [5.41, 5.74) is 3.13. The van der Waals surface area contributed by atoms with E-state index in [1.807, 2.05) is 0 Å². The number of benzene rings is 1. The highest BCUT2D eigenvalue weighted by atomic mass is 31.1. The molecule has 12 heavy (non-hydrogen) atoms. The SMILES string of the molecule is NNc1ccc(O[PH](=O)O)cc1. The Hall–Kier alpha value is -1.03. The summed E-state index contributed by atoms with van der Waals surface area (Å²) in [6.07, 6.45) is 0. The molecule has 0 bridgehead atoms. The summed E-state index contributed by atoms with van der Waals surface area (Å²) in [5, 5.41) is 0. The largest absolute Gasteiger partial charge is 0.426 e. The van der Waals surface area contributed by atoms with Crippen LogP contribution in [0.15, 0.2) is 24.3 Å². The Morgan fingerprint density at radius 1 is 1.42 bits per heavy atom. The summed E-state index contributed by atoms with van der Waals surface area (Å²) < 4.78 is 14.8. The van der Waals surface area contributed by atoms with Gasteiger partial charge in [0.1, 0.15) is 5.75 Å². The first-order valence-corrected chi connectivity index (χ1v) is 4.46. The zero-order valence-corrected chi connectivity index (χ0v) is 7.15. The van der Waals surface area contributed by atoms with Crippen LogP contribution in [-0.2, 0) is 4.57 Å². The minimum absolute atomic E-state index is 0.348. The Morgan fingerprint density at radius 3 is 2.42 bits per heavy atom. The fourth-order valence-electron chi connectivity index (χ4n) is 0.720. The second kappa shape index (κ2) is 4.11. The number of nitrogen functional groups attached to an aromatic ring is 1. The van der Waals surface area contributed by atoms with Crippen molar-refractivity contribution in [2.75, 3.05) is 5.43 Å². The van der Waals surface area contributed by atoms with E-state index in [-0.39, 0.29) is 0 Å². The lowest BCUT2D eigenvalue weighted by atomic mass is 10.3. The molecule has 0 spiro atoms. The molecule has 1 aromatic rings. The number of hydrogen-bond acceptors (Lipinski definition) is 4. The maximum atomic E-state index is 10.2. The van der Waals surface area contributed by atoms with Crippen LogP contribution in [0.5, 0.6) is 5.75 Å². The van der Waals surface area contributed by atoms with E-state index in [9.17, 15) is 4.57 Å². The smallest absolute Gasteiger partial charge is 0.365 e. The van der Waals surface area contributed by atoms with E-state index in [1.54, 1.807) is 24.3 Å². The molecule has 0 saturated carbocycles. The molecule has 0 saturated heterocycles. The molecular weight excluding hydrogens is 179 g/mol. The third-order valence-corrected chi connectivity index (χ3v) is 1.64. The van der Waals surface area contributed by atoms with Gasteiger partial charge in [-0.2, -0.15) is 0 Å². The lowest BCUT2D eigenvalue weighted by Gasteiger charge is -2.02. The Labute approximate surface area is 70.1 Å². The van der Waals surface area contributed by atoms with Crippen LogP contribution < -0.4 is 15.8 Å². The predicted molar refractivity (Wildman–Crippen MR) is 46.1 cm³/mol. The first-order valence-electron chi connectivity index (χ1n) is 3.20. The van der Waals surface area contributed by atoms with Gasteiger partial charge in [0.15, 0.2) is 0 Å². The lowest BCUT2D eigenvalue weighted by Crippen LogP contribution is -2.05. The first kappa shape index (κ1) is 9.06. The lowest BCUT2D eigenvalue weighted by molar-refractivity contribution is 0.410. The second-order valence-electron chi connectivity index (χ2n) is 2.04. The van der Waals surface area contributed by atoms with Crippen molar-refractivity contribution in [3.05, 3.63) is 24.3 Å². The third kappa shape index (κ3) is 2.54. The summed E-state index contributed by atoms with van der Waals surface area (Å²) in [4.78, 5) is 8.42. The van der Waals surface area contributed by atoms with Gasteiger partial charge in [-0.1, -0.05) is 0 Å². The molecule has 0 aliphatic carbocycles. The van der Waals surface area contributed by atoms with Gasteiger partial charge in [0.05, 0.1) is 0 Å². The number of hydrazine groups is 1. The number of anilines is 1.